The molecule has 0 saturated heterocycles. The molecule has 0 aromatic heterocycles. The molecule has 6 nitrogen and oxygen atoms in total. The molecule has 0 aliphatic carbocycles. The van der Waals surface area contributed by atoms with E-state index in [4.69, 9.17) is 0 Å². The van der Waals surface area contributed by atoms with Crippen LogP contribution in [0.5, 0.6) is 0 Å². The topological polar surface area (TPSA) is 58.2 Å². The largest absolute Gasteiger partial charge is 1.00 e. The van der Waals surface area contributed by atoms with Gasteiger partial charge >= 0.3 is 11.8 Å². The third-order valence-corrected chi connectivity index (χ3v) is 5.97. The Labute approximate surface area is 195 Å². The van der Waals surface area contributed by atoms with Crippen LogP contribution in [0.4, 0.5) is 0 Å². The van der Waals surface area contributed by atoms with Gasteiger partial charge in [-0.3, -0.25) is 9.59 Å². The third kappa shape index (κ3) is 10.0. The molecule has 0 heterocycles. The smallest absolute Gasteiger partial charge is 0.309 e. The molecule has 0 unspecified atom stereocenters. The van der Waals surface area contributed by atoms with E-state index in [1.807, 2.05) is 0 Å². The molecular formula is C18H40I2N4O2. The van der Waals surface area contributed by atoms with Crippen molar-refractivity contribution in [2.45, 2.75) is 41.5 Å². The molecule has 2 amide bonds. The fourth-order valence-electron chi connectivity index (χ4n) is 3.26. The molecule has 26 heavy (non-hydrogen) atoms. The van der Waals surface area contributed by atoms with Crippen LogP contribution in [0.1, 0.15) is 41.5 Å². The second-order valence-electron chi connectivity index (χ2n) is 6.54. The summed E-state index contributed by atoms with van der Waals surface area (Å²) in [5.41, 5.74) is 0. The molecule has 0 rings (SSSR count). The van der Waals surface area contributed by atoms with Crippen molar-refractivity contribution in [3.05, 3.63) is 0 Å². The zero-order valence-electron chi connectivity index (χ0n) is 17.5. The fourth-order valence-corrected chi connectivity index (χ4v) is 3.26. The summed E-state index contributed by atoms with van der Waals surface area (Å²) < 4.78 is 1.93. The van der Waals surface area contributed by atoms with Gasteiger partial charge in [0.25, 0.3) is 0 Å². The minimum Gasteiger partial charge on any atom is -1.00 e. The maximum atomic E-state index is 11.9. The number of carbonyl (C=O) groups excluding carboxylic acids is 2. The molecule has 8 heteroatoms. The Kier molecular flexibility index (Phi) is 19.4. The number of rotatable bonds is 12. The zero-order valence-corrected chi connectivity index (χ0v) is 21.9. The van der Waals surface area contributed by atoms with E-state index in [0.717, 1.165) is 61.3 Å². The average Bonchev–Trinajstić information content (AvgIpc) is 2.63. The lowest BCUT2D eigenvalue weighted by Crippen LogP contribution is -3.00. The van der Waals surface area contributed by atoms with Crippen molar-refractivity contribution < 1.29 is 66.5 Å². The van der Waals surface area contributed by atoms with Crippen LogP contribution in [0.2, 0.25) is 0 Å². The first-order valence-corrected chi connectivity index (χ1v) is 9.64. The number of nitrogens with one attached hydrogen (secondary N) is 2. The number of hydrogen-bond acceptors (Lipinski definition) is 2. The van der Waals surface area contributed by atoms with Gasteiger partial charge in [-0.1, -0.05) is 0 Å². The van der Waals surface area contributed by atoms with Gasteiger partial charge in [0.1, 0.15) is 0 Å². The van der Waals surface area contributed by atoms with Gasteiger partial charge in [0.2, 0.25) is 0 Å². The highest BCUT2D eigenvalue weighted by Crippen LogP contribution is 2.05. The molecular weight excluding hydrogens is 558 g/mol. The third-order valence-electron chi connectivity index (χ3n) is 5.97. The SMILES string of the molecule is CC[N+](CC)(CC)CCNC(=O)C(=O)NCC[N+](CC)(CC)CC.[I-].[I-]. The Balaban J connectivity index is -0.00000264. The predicted molar refractivity (Wildman–Crippen MR) is 99.5 cm³/mol. The molecule has 0 aromatic rings. The molecule has 0 bridgehead atoms. The van der Waals surface area contributed by atoms with E-state index in [9.17, 15) is 9.59 Å². The van der Waals surface area contributed by atoms with Gasteiger partial charge in [-0.15, -0.1) is 0 Å². The molecule has 0 radical (unpaired) electrons. The van der Waals surface area contributed by atoms with E-state index in [-0.39, 0.29) is 48.0 Å². The van der Waals surface area contributed by atoms with Crippen LogP contribution in [0, 0.1) is 0 Å². The Morgan fingerprint density at radius 1 is 0.577 bits per heavy atom. The van der Waals surface area contributed by atoms with Crippen molar-refractivity contribution in [3.63, 3.8) is 0 Å². The summed E-state index contributed by atoms with van der Waals surface area (Å²) in [7, 11) is 0. The minimum atomic E-state index is -0.515. The highest BCUT2D eigenvalue weighted by Gasteiger charge is 2.23. The maximum absolute atomic E-state index is 11.9. The quantitative estimate of drug-likeness (QED) is 0.135. The summed E-state index contributed by atoms with van der Waals surface area (Å²) in [6, 6.07) is 0. The lowest BCUT2D eigenvalue weighted by atomic mass is 10.3. The van der Waals surface area contributed by atoms with Crippen molar-refractivity contribution in [2.75, 3.05) is 65.4 Å². The van der Waals surface area contributed by atoms with E-state index in [2.05, 4.69) is 52.2 Å². The van der Waals surface area contributed by atoms with Gasteiger partial charge in [-0.05, 0) is 41.5 Å². The molecule has 0 atom stereocenters. The van der Waals surface area contributed by atoms with Gasteiger partial charge in [0.15, 0.2) is 0 Å². The number of halogens is 2. The molecule has 0 fully saturated rings. The van der Waals surface area contributed by atoms with Crippen LogP contribution in [0.15, 0.2) is 0 Å². The van der Waals surface area contributed by atoms with Crippen molar-refractivity contribution in [3.8, 4) is 0 Å². The summed E-state index contributed by atoms with van der Waals surface area (Å²) in [4.78, 5) is 23.8. The fraction of sp³-hybridized carbons (Fsp3) is 0.889. The van der Waals surface area contributed by atoms with Crippen LogP contribution >= 0.6 is 0 Å². The molecule has 2 N–H and O–H groups in total. The second-order valence-corrected chi connectivity index (χ2v) is 6.54. The lowest BCUT2D eigenvalue weighted by molar-refractivity contribution is -0.922. The summed E-state index contributed by atoms with van der Waals surface area (Å²) >= 11 is 0. The van der Waals surface area contributed by atoms with Crippen LogP contribution in [0.25, 0.3) is 0 Å². The monoisotopic (exact) mass is 598 g/mol. The molecule has 0 saturated carbocycles. The first kappa shape index (κ1) is 31.0. The van der Waals surface area contributed by atoms with E-state index >= 15 is 0 Å². The number of amides is 2. The summed E-state index contributed by atoms with van der Waals surface area (Å²) in [6.45, 7) is 22.1. The van der Waals surface area contributed by atoms with E-state index in [0.29, 0.717) is 13.1 Å². The highest BCUT2D eigenvalue weighted by molar-refractivity contribution is 6.35. The van der Waals surface area contributed by atoms with E-state index in [1.54, 1.807) is 0 Å². The maximum Gasteiger partial charge on any atom is 0.309 e. The van der Waals surface area contributed by atoms with Crippen LogP contribution < -0.4 is 58.6 Å². The number of hydrogen-bond donors (Lipinski definition) is 2. The van der Waals surface area contributed by atoms with Gasteiger partial charge < -0.3 is 67.6 Å². The highest BCUT2D eigenvalue weighted by atomic mass is 127. The standard InChI is InChI=1S/C18H38N4O2.2HI/c1-7-21(8-2,9-3)15-13-19-17(23)18(24)20-14-16-22(10-4,11-5)12-6;;/h7-16H2,1-6H3;2*1H. The molecule has 0 spiro atoms. The van der Waals surface area contributed by atoms with Gasteiger partial charge in [0.05, 0.1) is 65.4 Å². The Hall–Kier alpha value is 0.320. The van der Waals surface area contributed by atoms with Crippen molar-refractivity contribution in [2.24, 2.45) is 0 Å². The zero-order chi connectivity index (χ0) is 18.6. The van der Waals surface area contributed by atoms with E-state index in [1.165, 1.54) is 0 Å². The lowest BCUT2D eigenvalue weighted by Gasteiger charge is -2.36. The minimum absolute atomic E-state index is 0. The summed E-state index contributed by atoms with van der Waals surface area (Å²) in [5.74, 6) is -1.03. The van der Waals surface area contributed by atoms with Crippen molar-refractivity contribution in [1.29, 1.82) is 0 Å². The van der Waals surface area contributed by atoms with Crippen molar-refractivity contribution in [1.82, 2.24) is 10.6 Å². The number of likely N-dealkylation sites (N-methyl/N-ethyl adjacent to an activating group) is 2. The van der Waals surface area contributed by atoms with E-state index < -0.39 is 11.8 Å². The summed E-state index contributed by atoms with van der Waals surface area (Å²) in [5, 5.41) is 5.52. The Morgan fingerprint density at radius 2 is 0.808 bits per heavy atom. The van der Waals surface area contributed by atoms with Gasteiger partial charge in [-0.25, -0.2) is 0 Å². The van der Waals surface area contributed by atoms with Gasteiger partial charge in [-0.2, -0.15) is 0 Å². The first-order chi connectivity index (χ1) is 11.4. The number of nitrogens with zero attached hydrogens (tertiary/aromatic N) is 2. The molecule has 158 valence electrons. The van der Waals surface area contributed by atoms with Crippen LogP contribution in [-0.4, -0.2) is 86.2 Å². The molecule has 0 aliphatic heterocycles. The van der Waals surface area contributed by atoms with Crippen LogP contribution in [-0.2, 0) is 9.59 Å². The predicted octanol–water partition coefficient (Wildman–Crippen LogP) is -5.02. The summed E-state index contributed by atoms with van der Waals surface area (Å²) in [6.07, 6.45) is 0. The second kappa shape index (κ2) is 16.3. The molecule has 0 aromatic carbocycles. The Bertz CT molecular complexity index is 335. The Morgan fingerprint density at radius 3 is 1.00 bits per heavy atom. The number of quaternary nitrogens is 2. The van der Waals surface area contributed by atoms with Crippen LogP contribution in [0.3, 0.4) is 0 Å². The molecule has 0 aliphatic rings. The normalized spacial score (nSPS) is 11.2. The van der Waals surface area contributed by atoms with Gasteiger partial charge in [0, 0.05) is 0 Å². The first-order valence-electron chi connectivity index (χ1n) is 9.64. The average molecular weight is 598 g/mol. The number of carbonyl (C=O) groups is 2. The van der Waals surface area contributed by atoms with Crippen molar-refractivity contribution >= 4 is 11.8 Å².